The van der Waals surface area contributed by atoms with Gasteiger partial charge in [-0.15, -0.1) is 0 Å². The van der Waals surface area contributed by atoms with Crippen LogP contribution in [0.2, 0.25) is 0 Å². The third kappa shape index (κ3) is 1.71. The number of fused-ring (bicyclic) bond motifs is 1. The molecule has 0 aromatic carbocycles. The Hall–Kier alpha value is -0.0400. The van der Waals surface area contributed by atoms with Gasteiger partial charge in [-0.05, 0) is 51.0 Å². The fourth-order valence-electron chi connectivity index (χ4n) is 3.66. The highest BCUT2D eigenvalue weighted by atomic mass is 15.2. The van der Waals surface area contributed by atoms with Gasteiger partial charge in [0.1, 0.15) is 0 Å². The molecule has 14 heavy (non-hydrogen) atoms. The van der Waals surface area contributed by atoms with E-state index in [1.165, 1.54) is 64.3 Å². The number of hydrogen-bond acceptors (Lipinski definition) is 1. The van der Waals surface area contributed by atoms with Gasteiger partial charge < -0.3 is 0 Å². The predicted octanol–water partition coefficient (Wildman–Crippen LogP) is 3.19. The van der Waals surface area contributed by atoms with E-state index in [9.17, 15) is 0 Å². The Balaban J connectivity index is 1.72. The van der Waals surface area contributed by atoms with Gasteiger partial charge in [-0.3, -0.25) is 4.90 Å². The Kier molecular flexibility index (Phi) is 2.53. The first-order valence-electron chi connectivity index (χ1n) is 6.71. The summed E-state index contributed by atoms with van der Waals surface area (Å²) in [6, 6.07) is 1.99. The Bertz CT molecular complexity index is 197. The largest absolute Gasteiger partial charge is 0.297 e. The Morgan fingerprint density at radius 3 is 2.43 bits per heavy atom. The lowest BCUT2D eigenvalue weighted by atomic mass is 9.91. The minimum atomic E-state index is 0.983. The van der Waals surface area contributed by atoms with Crippen molar-refractivity contribution in [2.24, 2.45) is 5.92 Å². The molecule has 2 aliphatic heterocycles. The zero-order chi connectivity index (χ0) is 9.38. The molecule has 3 fully saturated rings. The minimum Gasteiger partial charge on any atom is -0.297 e. The lowest BCUT2D eigenvalue weighted by Gasteiger charge is -2.41. The van der Waals surface area contributed by atoms with E-state index in [-0.39, 0.29) is 0 Å². The fraction of sp³-hybridized carbons (Fsp3) is 1.00. The third-order valence-corrected chi connectivity index (χ3v) is 4.55. The average Bonchev–Trinajstić information content (AvgIpc) is 3.04. The van der Waals surface area contributed by atoms with Gasteiger partial charge in [0.2, 0.25) is 0 Å². The molecule has 0 bridgehead atoms. The van der Waals surface area contributed by atoms with E-state index in [1.54, 1.807) is 0 Å². The SMILES string of the molecule is C1CCC2CCCC(C3CC3)N2CC1. The van der Waals surface area contributed by atoms with Gasteiger partial charge in [0.15, 0.2) is 0 Å². The van der Waals surface area contributed by atoms with Crippen LogP contribution in [0.3, 0.4) is 0 Å². The highest BCUT2D eigenvalue weighted by Crippen LogP contribution is 2.42. The molecule has 2 heterocycles. The van der Waals surface area contributed by atoms with Crippen LogP contribution in [0.25, 0.3) is 0 Å². The molecule has 3 aliphatic rings. The summed E-state index contributed by atoms with van der Waals surface area (Å²) in [5, 5.41) is 0. The monoisotopic (exact) mass is 193 g/mol. The first-order valence-corrected chi connectivity index (χ1v) is 6.71. The first kappa shape index (κ1) is 9.21. The second kappa shape index (κ2) is 3.84. The summed E-state index contributed by atoms with van der Waals surface area (Å²) in [7, 11) is 0. The second-order valence-corrected chi connectivity index (χ2v) is 5.58. The molecule has 1 nitrogen and oxygen atoms in total. The van der Waals surface area contributed by atoms with Gasteiger partial charge in [0.05, 0.1) is 0 Å². The number of piperidine rings is 1. The van der Waals surface area contributed by atoms with Gasteiger partial charge in [0.25, 0.3) is 0 Å². The molecule has 1 heteroatoms. The zero-order valence-electron chi connectivity index (χ0n) is 9.25. The van der Waals surface area contributed by atoms with Gasteiger partial charge in [-0.2, -0.15) is 0 Å². The maximum atomic E-state index is 2.91. The smallest absolute Gasteiger partial charge is 0.0126 e. The summed E-state index contributed by atoms with van der Waals surface area (Å²) in [6.07, 6.45) is 13.6. The number of nitrogens with zero attached hydrogens (tertiary/aromatic N) is 1. The molecule has 0 amide bonds. The number of hydrogen-bond donors (Lipinski definition) is 0. The Morgan fingerprint density at radius 1 is 0.714 bits per heavy atom. The lowest BCUT2D eigenvalue weighted by Crippen LogP contribution is -2.47. The van der Waals surface area contributed by atoms with E-state index in [2.05, 4.69) is 4.90 Å². The molecular weight excluding hydrogens is 170 g/mol. The molecule has 2 atom stereocenters. The van der Waals surface area contributed by atoms with Gasteiger partial charge >= 0.3 is 0 Å². The standard InChI is InChI=1S/C13H23N/c1-2-5-12-6-4-7-13(11-8-9-11)14(12)10-3-1/h11-13H,1-10H2. The molecule has 1 aliphatic carbocycles. The quantitative estimate of drug-likeness (QED) is 0.618. The van der Waals surface area contributed by atoms with E-state index in [0.717, 1.165) is 18.0 Å². The van der Waals surface area contributed by atoms with E-state index in [0.29, 0.717) is 0 Å². The number of rotatable bonds is 1. The maximum absolute atomic E-state index is 2.91. The first-order chi connectivity index (χ1) is 6.95. The molecular formula is C13H23N. The summed E-state index contributed by atoms with van der Waals surface area (Å²) >= 11 is 0. The van der Waals surface area contributed by atoms with E-state index in [1.807, 2.05) is 0 Å². The van der Waals surface area contributed by atoms with Crippen LogP contribution in [-0.4, -0.2) is 23.5 Å². The van der Waals surface area contributed by atoms with Crippen molar-refractivity contribution >= 4 is 0 Å². The van der Waals surface area contributed by atoms with Crippen molar-refractivity contribution in [2.75, 3.05) is 6.54 Å². The van der Waals surface area contributed by atoms with Crippen molar-refractivity contribution in [2.45, 2.75) is 69.9 Å². The van der Waals surface area contributed by atoms with Crippen LogP contribution in [0.4, 0.5) is 0 Å². The maximum Gasteiger partial charge on any atom is 0.0126 e. The van der Waals surface area contributed by atoms with Crippen LogP contribution in [0, 0.1) is 5.92 Å². The normalized spacial score (nSPS) is 40.3. The molecule has 1 saturated carbocycles. The van der Waals surface area contributed by atoms with Crippen LogP contribution >= 0.6 is 0 Å². The molecule has 3 rings (SSSR count). The average molecular weight is 193 g/mol. The van der Waals surface area contributed by atoms with Crippen LogP contribution < -0.4 is 0 Å². The topological polar surface area (TPSA) is 3.24 Å². The van der Waals surface area contributed by atoms with E-state index in [4.69, 9.17) is 0 Å². The van der Waals surface area contributed by atoms with Crippen molar-refractivity contribution < 1.29 is 0 Å². The molecule has 2 unspecified atom stereocenters. The summed E-state index contributed by atoms with van der Waals surface area (Å²) < 4.78 is 0. The molecule has 0 N–H and O–H groups in total. The third-order valence-electron chi connectivity index (χ3n) is 4.55. The Morgan fingerprint density at radius 2 is 1.57 bits per heavy atom. The van der Waals surface area contributed by atoms with Crippen molar-refractivity contribution in [3.63, 3.8) is 0 Å². The van der Waals surface area contributed by atoms with Crippen LogP contribution in [-0.2, 0) is 0 Å². The zero-order valence-corrected chi connectivity index (χ0v) is 9.25. The summed E-state index contributed by atoms with van der Waals surface area (Å²) in [5.41, 5.74) is 0. The molecule has 80 valence electrons. The van der Waals surface area contributed by atoms with Gasteiger partial charge in [-0.1, -0.05) is 19.3 Å². The van der Waals surface area contributed by atoms with Crippen molar-refractivity contribution in [3.8, 4) is 0 Å². The highest BCUT2D eigenvalue weighted by molar-refractivity contribution is 4.94. The van der Waals surface area contributed by atoms with E-state index >= 15 is 0 Å². The molecule has 0 aromatic rings. The van der Waals surface area contributed by atoms with Crippen molar-refractivity contribution in [1.82, 2.24) is 4.90 Å². The van der Waals surface area contributed by atoms with E-state index < -0.39 is 0 Å². The highest BCUT2D eigenvalue weighted by Gasteiger charge is 2.39. The lowest BCUT2D eigenvalue weighted by molar-refractivity contribution is 0.0727. The van der Waals surface area contributed by atoms with Gasteiger partial charge in [-0.25, -0.2) is 0 Å². The summed E-state index contributed by atoms with van der Waals surface area (Å²) in [5.74, 6) is 1.11. The van der Waals surface area contributed by atoms with Crippen LogP contribution in [0.5, 0.6) is 0 Å². The molecule has 0 aromatic heterocycles. The summed E-state index contributed by atoms with van der Waals surface area (Å²) in [6.45, 7) is 1.42. The van der Waals surface area contributed by atoms with Crippen molar-refractivity contribution in [1.29, 1.82) is 0 Å². The van der Waals surface area contributed by atoms with Gasteiger partial charge in [0, 0.05) is 12.1 Å². The Labute approximate surface area is 87.9 Å². The molecule has 0 radical (unpaired) electrons. The van der Waals surface area contributed by atoms with Crippen LogP contribution in [0.15, 0.2) is 0 Å². The van der Waals surface area contributed by atoms with Crippen LogP contribution in [0.1, 0.15) is 57.8 Å². The second-order valence-electron chi connectivity index (χ2n) is 5.58. The summed E-state index contributed by atoms with van der Waals surface area (Å²) in [4.78, 5) is 2.91. The van der Waals surface area contributed by atoms with Crippen molar-refractivity contribution in [3.05, 3.63) is 0 Å². The molecule has 0 spiro atoms. The fourth-order valence-corrected chi connectivity index (χ4v) is 3.66. The predicted molar refractivity (Wildman–Crippen MR) is 59.3 cm³/mol. The minimum absolute atomic E-state index is 0.983. The molecule has 2 saturated heterocycles.